The number of carbonyl (C=O) groups is 2. The molecule has 8 nitrogen and oxygen atoms in total. The maximum atomic E-state index is 13.3. The number of rotatable bonds is 13. The topological polar surface area (TPSA) is 96.0 Å². The second kappa shape index (κ2) is 13.1. The van der Waals surface area contributed by atoms with Crippen LogP contribution < -0.4 is 14.4 Å². The number of sulfonamides is 1. The molecule has 0 saturated heterocycles. The number of benzene rings is 2. The number of anilines is 1. The number of nitrogens with zero attached hydrogens (tertiary/aromatic N) is 2. The lowest BCUT2D eigenvalue weighted by Crippen LogP contribution is -2.47. The Labute approximate surface area is 209 Å². The van der Waals surface area contributed by atoms with Gasteiger partial charge in [-0.25, -0.2) is 8.42 Å². The fourth-order valence-electron chi connectivity index (χ4n) is 3.69. The minimum Gasteiger partial charge on any atom is -0.497 e. The van der Waals surface area contributed by atoms with E-state index < -0.39 is 16.1 Å². The Balaban J connectivity index is 2.15. The Hall–Kier alpha value is -3.07. The summed E-state index contributed by atoms with van der Waals surface area (Å²) >= 11 is 0. The molecule has 0 saturated carbocycles. The molecule has 2 rings (SSSR count). The van der Waals surface area contributed by atoms with Gasteiger partial charge in [-0.05, 0) is 62.1 Å². The zero-order valence-corrected chi connectivity index (χ0v) is 22.1. The molecule has 0 bridgehead atoms. The van der Waals surface area contributed by atoms with Gasteiger partial charge in [0.05, 0.1) is 19.1 Å². The molecule has 0 aliphatic carbocycles. The fraction of sp³-hybridized carbons (Fsp3) is 0.462. The van der Waals surface area contributed by atoms with Crippen LogP contribution in [0.1, 0.15) is 44.2 Å². The lowest BCUT2D eigenvalue weighted by atomic mass is 10.1. The summed E-state index contributed by atoms with van der Waals surface area (Å²) in [6.45, 7) is 6.54. The second-order valence-electron chi connectivity index (χ2n) is 8.61. The summed E-state index contributed by atoms with van der Waals surface area (Å²) in [7, 11) is -1.93. The van der Waals surface area contributed by atoms with Gasteiger partial charge < -0.3 is 15.0 Å². The van der Waals surface area contributed by atoms with Crippen molar-refractivity contribution >= 4 is 27.5 Å². The molecule has 0 aliphatic rings. The highest BCUT2D eigenvalue weighted by Gasteiger charge is 2.26. The van der Waals surface area contributed by atoms with Crippen LogP contribution in [0.15, 0.2) is 48.5 Å². The number of ether oxygens (including phenoxy) is 1. The summed E-state index contributed by atoms with van der Waals surface area (Å²) in [5.74, 6) is 0.279. The standard InChI is InChI=1S/C26H37N3O5S/c1-6-16-27-26(31)21(3)28(19-22-12-14-24(34-4)15-13-22)25(30)11-8-17-29(35(5,32)33)23-10-7-9-20(2)18-23/h7,9-10,12-15,18,21H,6,8,11,16-17,19H2,1-5H3,(H,27,31)/t21-/m0/s1. The van der Waals surface area contributed by atoms with Crippen molar-refractivity contribution in [3.63, 3.8) is 0 Å². The smallest absolute Gasteiger partial charge is 0.242 e. The Bertz CT molecular complexity index is 1090. The molecule has 0 aromatic heterocycles. The van der Waals surface area contributed by atoms with E-state index in [-0.39, 0.29) is 31.3 Å². The van der Waals surface area contributed by atoms with E-state index in [1.54, 1.807) is 37.1 Å². The highest BCUT2D eigenvalue weighted by Crippen LogP contribution is 2.20. The van der Waals surface area contributed by atoms with Gasteiger partial charge >= 0.3 is 0 Å². The van der Waals surface area contributed by atoms with Crippen molar-refractivity contribution in [2.75, 3.05) is 30.8 Å². The van der Waals surface area contributed by atoms with Gasteiger partial charge in [0.25, 0.3) is 0 Å². The molecule has 192 valence electrons. The first-order chi connectivity index (χ1) is 16.6. The third-order valence-corrected chi connectivity index (χ3v) is 6.86. The molecule has 0 radical (unpaired) electrons. The first-order valence-electron chi connectivity index (χ1n) is 11.8. The number of hydrogen-bond donors (Lipinski definition) is 1. The molecule has 1 atom stereocenters. The van der Waals surface area contributed by atoms with Crippen LogP contribution in [0.25, 0.3) is 0 Å². The van der Waals surface area contributed by atoms with Gasteiger partial charge in [0, 0.05) is 26.1 Å². The van der Waals surface area contributed by atoms with Gasteiger partial charge in [-0.2, -0.15) is 0 Å². The van der Waals surface area contributed by atoms with Crippen molar-refractivity contribution in [2.45, 2.75) is 52.6 Å². The molecule has 35 heavy (non-hydrogen) atoms. The van der Waals surface area contributed by atoms with Crippen LogP contribution >= 0.6 is 0 Å². The summed E-state index contributed by atoms with van der Waals surface area (Å²) in [6.07, 6.45) is 2.39. The molecular formula is C26H37N3O5S. The lowest BCUT2D eigenvalue weighted by molar-refractivity contribution is -0.140. The predicted molar refractivity (Wildman–Crippen MR) is 139 cm³/mol. The zero-order valence-electron chi connectivity index (χ0n) is 21.3. The van der Waals surface area contributed by atoms with Crippen LogP contribution in [-0.2, 0) is 26.2 Å². The molecule has 0 heterocycles. The second-order valence-corrected chi connectivity index (χ2v) is 10.5. The Morgan fingerprint density at radius 3 is 2.37 bits per heavy atom. The zero-order chi connectivity index (χ0) is 26.0. The molecule has 0 fully saturated rings. The number of carbonyl (C=O) groups excluding carboxylic acids is 2. The van der Waals surface area contributed by atoms with Crippen molar-refractivity contribution in [1.82, 2.24) is 10.2 Å². The maximum Gasteiger partial charge on any atom is 0.242 e. The molecular weight excluding hydrogens is 466 g/mol. The van der Waals surface area contributed by atoms with Crippen molar-refractivity contribution < 1.29 is 22.7 Å². The van der Waals surface area contributed by atoms with Gasteiger partial charge in [-0.1, -0.05) is 31.2 Å². The molecule has 0 aliphatic heterocycles. The summed E-state index contributed by atoms with van der Waals surface area (Å²) in [5, 5.41) is 2.85. The van der Waals surface area contributed by atoms with Crippen LogP contribution in [0.3, 0.4) is 0 Å². The van der Waals surface area contributed by atoms with E-state index >= 15 is 0 Å². The number of amides is 2. The molecule has 9 heteroatoms. The molecule has 2 amide bonds. The average Bonchev–Trinajstić information content (AvgIpc) is 2.82. The van der Waals surface area contributed by atoms with Gasteiger partial charge in [0.1, 0.15) is 11.8 Å². The first kappa shape index (κ1) is 28.2. The van der Waals surface area contributed by atoms with E-state index in [0.717, 1.165) is 23.8 Å². The average molecular weight is 504 g/mol. The summed E-state index contributed by atoms with van der Waals surface area (Å²) in [6, 6.07) is 13.9. The van der Waals surface area contributed by atoms with E-state index in [9.17, 15) is 18.0 Å². The molecule has 2 aromatic carbocycles. The van der Waals surface area contributed by atoms with Crippen molar-refractivity contribution in [2.24, 2.45) is 0 Å². The van der Waals surface area contributed by atoms with E-state index in [4.69, 9.17) is 4.74 Å². The van der Waals surface area contributed by atoms with Gasteiger partial charge in [-0.3, -0.25) is 13.9 Å². The van der Waals surface area contributed by atoms with Gasteiger partial charge in [0.15, 0.2) is 0 Å². The van der Waals surface area contributed by atoms with Gasteiger partial charge in [-0.15, -0.1) is 0 Å². The van der Waals surface area contributed by atoms with Crippen LogP contribution in [0.2, 0.25) is 0 Å². The van der Waals surface area contributed by atoms with Crippen LogP contribution in [-0.4, -0.2) is 57.6 Å². The number of nitrogens with one attached hydrogen (secondary N) is 1. The third kappa shape index (κ3) is 8.58. The van der Waals surface area contributed by atoms with Crippen molar-refractivity contribution in [3.05, 3.63) is 59.7 Å². The molecule has 0 unspecified atom stereocenters. The van der Waals surface area contributed by atoms with Crippen molar-refractivity contribution in [1.29, 1.82) is 0 Å². The van der Waals surface area contributed by atoms with E-state index in [1.165, 1.54) is 4.31 Å². The quantitative estimate of drug-likeness (QED) is 0.451. The van der Waals surface area contributed by atoms with Crippen molar-refractivity contribution in [3.8, 4) is 5.75 Å². The molecule has 2 aromatic rings. The number of methoxy groups -OCH3 is 1. The molecule has 0 spiro atoms. The summed E-state index contributed by atoms with van der Waals surface area (Å²) < 4.78 is 31.3. The van der Waals surface area contributed by atoms with Gasteiger partial charge in [0.2, 0.25) is 21.8 Å². The Kier molecular flexibility index (Phi) is 10.6. The molecule has 1 N–H and O–H groups in total. The monoisotopic (exact) mass is 503 g/mol. The third-order valence-electron chi connectivity index (χ3n) is 5.67. The van der Waals surface area contributed by atoms with Crippen LogP contribution in [0.5, 0.6) is 5.75 Å². The van der Waals surface area contributed by atoms with Crippen LogP contribution in [0, 0.1) is 6.92 Å². The fourth-order valence-corrected chi connectivity index (χ4v) is 4.65. The highest BCUT2D eigenvalue weighted by molar-refractivity contribution is 7.92. The van der Waals surface area contributed by atoms with E-state index in [2.05, 4.69) is 5.32 Å². The van der Waals surface area contributed by atoms with E-state index in [0.29, 0.717) is 24.4 Å². The predicted octanol–water partition coefficient (Wildman–Crippen LogP) is 3.49. The lowest BCUT2D eigenvalue weighted by Gasteiger charge is -2.29. The Morgan fingerprint density at radius 1 is 1.11 bits per heavy atom. The number of hydrogen-bond acceptors (Lipinski definition) is 5. The maximum absolute atomic E-state index is 13.3. The largest absolute Gasteiger partial charge is 0.497 e. The SMILES string of the molecule is CCCNC(=O)[C@H](C)N(Cc1ccc(OC)cc1)C(=O)CCCN(c1cccc(C)c1)S(C)(=O)=O. The summed E-state index contributed by atoms with van der Waals surface area (Å²) in [4.78, 5) is 27.5. The number of aryl methyl sites for hydroxylation is 1. The normalized spacial score (nSPS) is 12.0. The summed E-state index contributed by atoms with van der Waals surface area (Å²) in [5.41, 5.74) is 2.39. The minimum atomic E-state index is -3.52. The minimum absolute atomic E-state index is 0.111. The van der Waals surface area contributed by atoms with E-state index in [1.807, 2.05) is 44.2 Å². The Morgan fingerprint density at radius 2 is 1.80 bits per heavy atom. The van der Waals surface area contributed by atoms with Crippen LogP contribution in [0.4, 0.5) is 5.69 Å². The highest BCUT2D eigenvalue weighted by atomic mass is 32.2. The first-order valence-corrected chi connectivity index (χ1v) is 13.7.